The third-order valence-electron chi connectivity index (χ3n) is 2.79. The van der Waals surface area contributed by atoms with Crippen LogP contribution in [0.5, 0.6) is 0 Å². The minimum absolute atomic E-state index is 0.112. The zero-order valence-electron chi connectivity index (χ0n) is 12.0. The van der Waals surface area contributed by atoms with E-state index in [2.05, 4.69) is 10.6 Å². The lowest BCUT2D eigenvalue weighted by molar-refractivity contribution is -0.123. The molecule has 5 nitrogen and oxygen atoms in total. The van der Waals surface area contributed by atoms with Crippen molar-refractivity contribution in [2.45, 2.75) is 26.3 Å². The van der Waals surface area contributed by atoms with Crippen molar-refractivity contribution >= 4 is 11.8 Å². The van der Waals surface area contributed by atoms with Crippen molar-refractivity contribution in [2.24, 2.45) is 5.92 Å². The van der Waals surface area contributed by atoms with Crippen molar-refractivity contribution in [3.63, 3.8) is 0 Å². The molecule has 0 bridgehead atoms. The summed E-state index contributed by atoms with van der Waals surface area (Å²) < 4.78 is 13.6. The molecule has 0 aliphatic heterocycles. The molecule has 0 heterocycles. The van der Waals surface area contributed by atoms with Gasteiger partial charge in [0, 0.05) is 0 Å². The molecule has 6 heteroatoms. The van der Waals surface area contributed by atoms with E-state index in [4.69, 9.17) is 5.26 Å². The van der Waals surface area contributed by atoms with E-state index < -0.39 is 23.7 Å². The van der Waals surface area contributed by atoms with Gasteiger partial charge in [-0.15, -0.1) is 0 Å². The Hall–Kier alpha value is -2.42. The Kier molecular flexibility index (Phi) is 6.34. The second kappa shape index (κ2) is 8.00. The van der Waals surface area contributed by atoms with Gasteiger partial charge in [-0.05, 0) is 24.5 Å². The van der Waals surface area contributed by atoms with Crippen LogP contribution in [0.1, 0.15) is 30.6 Å². The van der Waals surface area contributed by atoms with Crippen molar-refractivity contribution in [1.82, 2.24) is 10.6 Å². The smallest absolute Gasteiger partial charge is 0.254 e. The van der Waals surface area contributed by atoms with Crippen LogP contribution < -0.4 is 10.6 Å². The van der Waals surface area contributed by atoms with E-state index in [9.17, 15) is 14.0 Å². The fourth-order valence-corrected chi connectivity index (χ4v) is 1.83. The van der Waals surface area contributed by atoms with Gasteiger partial charge >= 0.3 is 0 Å². The van der Waals surface area contributed by atoms with Gasteiger partial charge in [0.25, 0.3) is 5.91 Å². The lowest BCUT2D eigenvalue weighted by Gasteiger charge is -2.19. The molecule has 2 amide bonds. The quantitative estimate of drug-likeness (QED) is 0.781. The summed E-state index contributed by atoms with van der Waals surface area (Å²) >= 11 is 0. The SMILES string of the molecule is CC(C)C[C@H](NC(=O)c1ccccc1F)C(=O)NCC#N. The summed E-state index contributed by atoms with van der Waals surface area (Å²) in [7, 11) is 0. The standard InChI is InChI=1S/C15H18FN3O2/c1-10(2)9-13(15(21)18-8-7-17)19-14(20)11-5-3-4-6-12(11)16/h3-6,10,13H,8-9H2,1-2H3,(H,18,21)(H,19,20)/t13-/m0/s1. The minimum atomic E-state index is -0.801. The molecule has 0 aromatic heterocycles. The van der Waals surface area contributed by atoms with E-state index in [1.54, 1.807) is 12.1 Å². The van der Waals surface area contributed by atoms with Crippen molar-refractivity contribution in [1.29, 1.82) is 5.26 Å². The Morgan fingerprint density at radius 2 is 2.00 bits per heavy atom. The number of nitrogens with zero attached hydrogens (tertiary/aromatic N) is 1. The highest BCUT2D eigenvalue weighted by Gasteiger charge is 2.23. The predicted octanol–water partition coefficient (Wildman–Crippen LogP) is 1.61. The van der Waals surface area contributed by atoms with E-state index in [-0.39, 0.29) is 18.0 Å². The molecule has 21 heavy (non-hydrogen) atoms. The Labute approximate surface area is 123 Å². The van der Waals surface area contributed by atoms with Gasteiger partial charge in [-0.3, -0.25) is 9.59 Å². The predicted molar refractivity (Wildman–Crippen MR) is 75.7 cm³/mol. The highest BCUT2D eigenvalue weighted by Crippen LogP contribution is 2.09. The molecule has 0 saturated heterocycles. The van der Waals surface area contributed by atoms with Crippen LogP contribution in [-0.4, -0.2) is 24.4 Å². The number of amides is 2. The molecule has 1 aromatic rings. The highest BCUT2D eigenvalue weighted by atomic mass is 19.1. The first kappa shape index (κ1) is 16.6. The second-order valence-electron chi connectivity index (χ2n) is 5.01. The molecular formula is C15H18FN3O2. The van der Waals surface area contributed by atoms with Gasteiger partial charge in [0.2, 0.25) is 5.91 Å². The number of nitrogens with one attached hydrogen (secondary N) is 2. The van der Waals surface area contributed by atoms with Crippen LogP contribution in [-0.2, 0) is 4.79 Å². The van der Waals surface area contributed by atoms with Gasteiger partial charge in [0.05, 0.1) is 11.6 Å². The van der Waals surface area contributed by atoms with Crippen LogP contribution in [0.25, 0.3) is 0 Å². The average Bonchev–Trinajstić information content (AvgIpc) is 2.43. The van der Waals surface area contributed by atoms with Crippen LogP contribution in [0.2, 0.25) is 0 Å². The number of benzene rings is 1. The average molecular weight is 291 g/mol. The van der Waals surface area contributed by atoms with Gasteiger partial charge in [0.15, 0.2) is 0 Å². The van der Waals surface area contributed by atoms with E-state index in [1.165, 1.54) is 18.2 Å². The minimum Gasteiger partial charge on any atom is -0.341 e. The second-order valence-corrected chi connectivity index (χ2v) is 5.01. The van der Waals surface area contributed by atoms with Gasteiger partial charge in [-0.25, -0.2) is 4.39 Å². The molecule has 0 fully saturated rings. The Morgan fingerprint density at radius 1 is 1.33 bits per heavy atom. The fourth-order valence-electron chi connectivity index (χ4n) is 1.83. The van der Waals surface area contributed by atoms with Crippen LogP contribution in [0.15, 0.2) is 24.3 Å². The van der Waals surface area contributed by atoms with Crippen LogP contribution in [0.4, 0.5) is 4.39 Å². The molecule has 0 unspecified atom stereocenters. The van der Waals surface area contributed by atoms with Gasteiger partial charge in [-0.2, -0.15) is 5.26 Å². The van der Waals surface area contributed by atoms with Gasteiger partial charge in [-0.1, -0.05) is 26.0 Å². The van der Waals surface area contributed by atoms with E-state index in [0.29, 0.717) is 6.42 Å². The number of nitriles is 1. The first-order valence-corrected chi connectivity index (χ1v) is 6.65. The Balaban J connectivity index is 2.81. The monoisotopic (exact) mass is 291 g/mol. The largest absolute Gasteiger partial charge is 0.341 e. The molecule has 0 aliphatic rings. The number of halogens is 1. The summed E-state index contributed by atoms with van der Waals surface area (Å²) in [5, 5.41) is 13.4. The van der Waals surface area contributed by atoms with E-state index in [1.807, 2.05) is 13.8 Å². The third kappa shape index (κ3) is 5.22. The van der Waals surface area contributed by atoms with Gasteiger partial charge in [0.1, 0.15) is 18.4 Å². The van der Waals surface area contributed by atoms with Crippen LogP contribution >= 0.6 is 0 Å². The highest BCUT2D eigenvalue weighted by molar-refractivity contribution is 5.97. The molecule has 0 spiro atoms. The van der Waals surface area contributed by atoms with Crippen molar-refractivity contribution in [2.75, 3.05) is 6.54 Å². The molecule has 0 saturated carbocycles. The summed E-state index contributed by atoms with van der Waals surface area (Å²) in [4.78, 5) is 24.0. The molecule has 1 rings (SSSR count). The number of carbonyl (C=O) groups excluding carboxylic acids is 2. The number of rotatable bonds is 6. The number of hydrogen-bond acceptors (Lipinski definition) is 3. The maximum absolute atomic E-state index is 13.6. The fraction of sp³-hybridized carbons (Fsp3) is 0.400. The van der Waals surface area contributed by atoms with Gasteiger partial charge < -0.3 is 10.6 Å². The maximum atomic E-state index is 13.6. The summed E-state index contributed by atoms with van der Waals surface area (Å²) in [5.41, 5.74) is -0.112. The molecule has 0 aliphatic carbocycles. The van der Waals surface area contributed by atoms with Crippen molar-refractivity contribution in [3.8, 4) is 6.07 Å². The Bertz CT molecular complexity index is 552. The molecule has 2 N–H and O–H groups in total. The van der Waals surface area contributed by atoms with Crippen LogP contribution in [0, 0.1) is 23.1 Å². The first-order valence-electron chi connectivity index (χ1n) is 6.65. The molecule has 1 atom stereocenters. The zero-order valence-corrected chi connectivity index (χ0v) is 12.0. The topological polar surface area (TPSA) is 82.0 Å². The van der Waals surface area contributed by atoms with Crippen LogP contribution in [0.3, 0.4) is 0 Å². The third-order valence-corrected chi connectivity index (χ3v) is 2.79. The first-order chi connectivity index (χ1) is 9.95. The summed E-state index contributed by atoms with van der Waals surface area (Å²) in [6, 6.07) is 6.56. The Morgan fingerprint density at radius 3 is 2.57 bits per heavy atom. The lowest BCUT2D eigenvalue weighted by atomic mass is 10.0. The number of hydrogen-bond donors (Lipinski definition) is 2. The summed E-state index contributed by atoms with van der Waals surface area (Å²) in [6.45, 7) is 3.67. The number of carbonyl (C=O) groups is 2. The molecule has 1 aromatic carbocycles. The van der Waals surface area contributed by atoms with E-state index >= 15 is 0 Å². The zero-order chi connectivity index (χ0) is 15.8. The summed E-state index contributed by atoms with van der Waals surface area (Å²) in [5.74, 6) is -1.58. The maximum Gasteiger partial charge on any atom is 0.254 e. The molecular weight excluding hydrogens is 273 g/mol. The normalized spacial score (nSPS) is 11.6. The molecule has 112 valence electrons. The molecule has 0 radical (unpaired) electrons. The lowest BCUT2D eigenvalue weighted by Crippen LogP contribution is -2.47. The van der Waals surface area contributed by atoms with Crippen molar-refractivity contribution < 1.29 is 14.0 Å². The van der Waals surface area contributed by atoms with Crippen molar-refractivity contribution in [3.05, 3.63) is 35.6 Å². The summed E-state index contributed by atoms with van der Waals surface area (Å²) in [6.07, 6.45) is 0.400. The van der Waals surface area contributed by atoms with E-state index in [0.717, 1.165) is 0 Å².